The highest BCUT2D eigenvalue weighted by Crippen LogP contribution is 2.40. The van der Waals surface area contributed by atoms with E-state index in [1.165, 1.54) is 17.0 Å². The Labute approximate surface area is 237 Å². The molecule has 3 heterocycles. The summed E-state index contributed by atoms with van der Waals surface area (Å²) in [4.78, 5) is 15.9. The van der Waals surface area contributed by atoms with Crippen LogP contribution in [0.1, 0.15) is 57.7 Å². The Kier molecular flexibility index (Phi) is 13.0. The van der Waals surface area contributed by atoms with Gasteiger partial charge in [0.25, 0.3) is 0 Å². The molecule has 2 aromatic rings. The minimum Gasteiger partial charge on any atom is -0.371 e. The van der Waals surface area contributed by atoms with Gasteiger partial charge in [0.1, 0.15) is 16.8 Å². The van der Waals surface area contributed by atoms with Gasteiger partial charge in [0.2, 0.25) is 6.41 Å². The standard InChI is InChI=1S/C14H15F6N3O.C11H14FNOS.C2H6/c15-13(16,17)9-1-3-23(4-2-9)12-5-10(6-21-8-24)22-7-11(12)14(18,19)20;1-9-3-2-8-13(9)15(14)11-6-4-10(12)5-7-11;1-2/h5,7-9H,1-4,6H2,(H,21,24);4-7,9H,2-3,8H2,1H3;1-2H3. The smallest absolute Gasteiger partial charge is 0.371 e. The van der Waals surface area contributed by atoms with Crippen LogP contribution in [0.3, 0.4) is 0 Å². The molecule has 1 N–H and O–H groups in total. The summed E-state index contributed by atoms with van der Waals surface area (Å²) in [6.45, 7) is 6.63. The Bertz CT molecular complexity index is 1120. The van der Waals surface area contributed by atoms with E-state index in [2.05, 4.69) is 17.2 Å². The highest BCUT2D eigenvalue weighted by atomic mass is 32.2. The highest BCUT2D eigenvalue weighted by molar-refractivity contribution is 7.82. The van der Waals surface area contributed by atoms with Crippen LogP contribution < -0.4 is 10.2 Å². The fourth-order valence-corrected chi connectivity index (χ4v) is 5.86. The van der Waals surface area contributed by atoms with Crippen LogP contribution in [0.5, 0.6) is 0 Å². The number of carbonyl (C=O) groups excluding carboxylic acids is 1. The first-order chi connectivity index (χ1) is 19.3. The molecule has 1 amide bonds. The second-order valence-corrected chi connectivity index (χ2v) is 10.8. The van der Waals surface area contributed by atoms with Crippen molar-refractivity contribution in [2.24, 2.45) is 5.92 Å². The van der Waals surface area contributed by atoms with Crippen molar-refractivity contribution in [3.63, 3.8) is 0 Å². The van der Waals surface area contributed by atoms with Crippen molar-refractivity contribution in [3.05, 3.63) is 53.6 Å². The SMILES string of the molecule is CC.CC1CCCN1S(=O)c1ccc(F)cc1.O=CNCc1cc(N2CCC(C(F)(F)F)CC2)c(C(F)(F)F)cn1. The molecule has 1 aromatic heterocycles. The first-order valence-corrected chi connectivity index (χ1v) is 14.4. The predicted molar refractivity (Wildman–Crippen MR) is 143 cm³/mol. The van der Waals surface area contributed by atoms with Crippen LogP contribution >= 0.6 is 0 Å². The summed E-state index contributed by atoms with van der Waals surface area (Å²) in [6, 6.07) is 7.41. The van der Waals surface area contributed by atoms with Crippen molar-refractivity contribution >= 4 is 23.1 Å². The number of hydrogen-bond donors (Lipinski definition) is 1. The lowest BCUT2D eigenvalue weighted by molar-refractivity contribution is -0.179. The molecule has 230 valence electrons. The van der Waals surface area contributed by atoms with Gasteiger partial charge in [0, 0.05) is 31.9 Å². The third-order valence-electron chi connectivity index (χ3n) is 6.63. The van der Waals surface area contributed by atoms with Crippen LogP contribution in [0, 0.1) is 11.7 Å². The summed E-state index contributed by atoms with van der Waals surface area (Å²) in [5.74, 6) is -1.79. The maximum atomic E-state index is 13.1. The first kappa shape index (κ1) is 34.5. The molecule has 2 saturated heterocycles. The van der Waals surface area contributed by atoms with Crippen LogP contribution in [0.15, 0.2) is 41.4 Å². The van der Waals surface area contributed by atoms with Gasteiger partial charge in [-0.15, -0.1) is 0 Å². The minimum absolute atomic E-state index is 0.0619. The molecule has 2 aliphatic rings. The molecular weight excluding hydrogens is 577 g/mol. The number of benzene rings is 1. The molecule has 6 nitrogen and oxygen atoms in total. The molecule has 0 aliphatic carbocycles. The van der Waals surface area contributed by atoms with Gasteiger partial charge in [-0.1, -0.05) is 13.8 Å². The van der Waals surface area contributed by atoms with Crippen LogP contribution in [0.25, 0.3) is 0 Å². The Morgan fingerprint density at radius 2 is 1.63 bits per heavy atom. The fourth-order valence-electron chi connectivity index (χ4n) is 4.50. The lowest BCUT2D eigenvalue weighted by Gasteiger charge is -2.35. The van der Waals surface area contributed by atoms with Crippen LogP contribution in [0.2, 0.25) is 0 Å². The minimum atomic E-state index is -4.67. The number of pyridine rings is 1. The van der Waals surface area contributed by atoms with E-state index >= 15 is 0 Å². The average molecular weight is 613 g/mol. The van der Waals surface area contributed by atoms with Gasteiger partial charge in [0.15, 0.2) is 0 Å². The van der Waals surface area contributed by atoms with Crippen molar-refractivity contribution in [3.8, 4) is 0 Å². The molecule has 0 radical (unpaired) electrons. The molecule has 1 aromatic carbocycles. The maximum absolute atomic E-state index is 13.1. The van der Waals surface area contributed by atoms with Gasteiger partial charge in [-0.2, -0.15) is 26.3 Å². The quantitative estimate of drug-likeness (QED) is 0.300. The van der Waals surface area contributed by atoms with E-state index in [1.54, 1.807) is 12.1 Å². The third kappa shape index (κ3) is 9.94. The Morgan fingerprint density at radius 3 is 2.12 bits per heavy atom. The zero-order valence-electron chi connectivity index (χ0n) is 23.1. The average Bonchev–Trinajstić information content (AvgIpc) is 3.38. The van der Waals surface area contributed by atoms with Gasteiger partial charge in [-0.25, -0.2) is 12.9 Å². The lowest BCUT2D eigenvalue weighted by Crippen LogP contribution is -2.40. The number of rotatable bonds is 6. The number of amides is 1. The molecule has 0 spiro atoms. The van der Waals surface area contributed by atoms with E-state index in [4.69, 9.17) is 0 Å². The van der Waals surface area contributed by atoms with Gasteiger partial charge < -0.3 is 10.2 Å². The molecule has 2 fully saturated rings. The number of piperidine rings is 1. The number of nitrogens with one attached hydrogen (secondary N) is 1. The zero-order chi connectivity index (χ0) is 30.8. The van der Waals surface area contributed by atoms with E-state index < -0.39 is 34.8 Å². The molecule has 2 atom stereocenters. The summed E-state index contributed by atoms with van der Waals surface area (Å²) in [5, 5.41) is 2.29. The second-order valence-electron chi connectivity index (χ2n) is 9.33. The van der Waals surface area contributed by atoms with Crippen molar-refractivity contribution in [1.29, 1.82) is 0 Å². The number of alkyl halides is 6. The van der Waals surface area contributed by atoms with Crippen molar-refractivity contribution in [1.82, 2.24) is 14.6 Å². The summed E-state index contributed by atoms with van der Waals surface area (Å²) < 4.78 is 104. The maximum Gasteiger partial charge on any atom is 0.419 e. The summed E-state index contributed by atoms with van der Waals surface area (Å²) in [7, 11) is -1.13. The van der Waals surface area contributed by atoms with Gasteiger partial charge >= 0.3 is 12.4 Å². The Hall–Kier alpha value is -2.74. The third-order valence-corrected chi connectivity index (χ3v) is 8.27. The molecule has 14 heteroatoms. The predicted octanol–water partition coefficient (Wildman–Crippen LogP) is 6.48. The molecule has 4 rings (SSSR count). The lowest BCUT2D eigenvalue weighted by atomic mass is 9.95. The topological polar surface area (TPSA) is 65.5 Å². The molecule has 41 heavy (non-hydrogen) atoms. The van der Waals surface area contributed by atoms with Crippen molar-refractivity contribution in [2.75, 3.05) is 24.5 Å². The number of hydrogen-bond acceptors (Lipinski definition) is 4. The monoisotopic (exact) mass is 612 g/mol. The molecule has 2 aliphatic heterocycles. The largest absolute Gasteiger partial charge is 0.419 e. The Balaban J connectivity index is 0.000000296. The molecule has 0 saturated carbocycles. The second kappa shape index (κ2) is 15.5. The van der Waals surface area contributed by atoms with E-state index in [0.717, 1.165) is 25.5 Å². The number of nitrogens with zero attached hydrogens (tertiary/aromatic N) is 3. The van der Waals surface area contributed by atoms with E-state index in [1.807, 2.05) is 18.2 Å². The zero-order valence-corrected chi connectivity index (χ0v) is 23.9. The highest BCUT2D eigenvalue weighted by Gasteiger charge is 2.42. The van der Waals surface area contributed by atoms with Crippen LogP contribution in [-0.2, 0) is 28.5 Å². The van der Waals surface area contributed by atoms with Crippen LogP contribution in [-0.4, -0.2) is 51.8 Å². The number of anilines is 1. The van der Waals surface area contributed by atoms with Crippen molar-refractivity contribution < 1.29 is 39.7 Å². The van der Waals surface area contributed by atoms with Crippen molar-refractivity contribution in [2.45, 2.75) is 76.3 Å². The van der Waals surface area contributed by atoms with Crippen LogP contribution in [0.4, 0.5) is 36.4 Å². The summed E-state index contributed by atoms with van der Waals surface area (Å²) in [5.41, 5.74) is -1.01. The normalized spacial score (nSPS) is 19.0. The fraction of sp³-hybridized carbons (Fsp3) is 0.556. The molecule has 2 unspecified atom stereocenters. The van der Waals surface area contributed by atoms with E-state index in [9.17, 15) is 39.7 Å². The van der Waals surface area contributed by atoms with Gasteiger partial charge in [0.05, 0.1) is 34.3 Å². The molecule has 0 bridgehead atoms. The van der Waals surface area contributed by atoms with E-state index in [0.29, 0.717) is 23.5 Å². The number of carbonyl (C=O) groups is 1. The summed E-state index contributed by atoms with van der Waals surface area (Å²) >= 11 is 0. The number of aromatic nitrogens is 1. The Morgan fingerprint density at radius 1 is 1.02 bits per heavy atom. The van der Waals surface area contributed by atoms with Gasteiger partial charge in [-0.05, 0) is 62.9 Å². The summed E-state index contributed by atoms with van der Waals surface area (Å²) in [6.07, 6.45) is -6.31. The van der Waals surface area contributed by atoms with Gasteiger partial charge in [-0.3, -0.25) is 9.78 Å². The molecular formula is C27H35F7N4O2S. The van der Waals surface area contributed by atoms with E-state index in [-0.39, 0.29) is 49.7 Å². The first-order valence-electron chi connectivity index (χ1n) is 13.3. The number of halogens is 7.